The molecule has 0 radical (unpaired) electrons. The number of amides is 1. The van der Waals surface area contributed by atoms with Gasteiger partial charge in [0.05, 0.1) is 0 Å². The first-order valence-electron chi connectivity index (χ1n) is 6.92. The Morgan fingerprint density at radius 3 is 2.53 bits per heavy atom. The number of rotatable bonds is 5. The molecule has 2 aliphatic rings. The summed E-state index contributed by atoms with van der Waals surface area (Å²) in [5.41, 5.74) is 5.49. The Morgan fingerprint density at radius 1 is 1.35 bits per heavy atom. The predicted molar refractivity (Wildman–Crippen MR) is 68.5 cm³/mol. The topological polar surface area (TPSA) is 58.4 Å². The van der Waals surface area contributed by atoms with E-state index in [1.165, 1.54) is 19.4 Å². The van der Waals surface area contributed by atoms with Crippen LogP contribution in [0.25, 0.3) is 0 Å². The molecule has 4 nitrogen and oxygen atoms in total. The maximum Gasteiger partial charge on any atom is 0.224 e. The Labute approximate surface area is 104 Å². The standard InChI is InChI=1S/C13H25N3O/c1-10(8-14)13(17)15-12-4-6-16(7-5-12)9-11-2-3-11/h10-12H,2-9,14H2,1H3,(H,15,17). The van der Waals surface area contributed by atoms with Crippen molar-refractivity contribution in [2.24, 2.45) is 17.6 Å². The van der Waals surface area contributed by atoms with Crippen molar-refractivity contribution < 1.29 is 4.79 Å². The van der Waals surface area contributed by atoms with Crippen molar-refractivity contribution >= 4 is 5.91 Å². The van der Waals surface area contributed by atoms with E-state index in [-0.39, 0.29) is 11.8 Å². The van der Waals surface area contributed by atoms with Gasteiger partial charge in [-0.15, -0.1) is 0 Å². The monoisotopic (exact) mass is 239 g/mol. The Hall–Kier alpha value is -0.610. The molecule has 4 heteroatoms. The van der Waals surface area contributed by atoms with Crippen LogP contribution < -0.4 is 11.1 Å². The van der Waals surface area contributed by atoms with E-state index >= 15 is 0 Å². The van der Waals surface area contributed by atoms with Crippen molar-refractivity contribution in [3.63, 3.8) is 0 Å². The number of carbonyl (C=O) groups excluding carboxylic acids is 1. The summed E-state index contributed by atoms with van der Waals surface area (Å²) in [5.74, 6) is 1.03. The van der Waals surface area contributed by atoms with Crippen molar-refractivity contribution in [3.05, 3.63) is 0 Å². The summed E-state index contributed by atoms with van der Waals surface area (Å²) < 4.78 is 0. The molecular weight excluding hydrogens is 214 g/mol. The van der Waals surface area contributed by atoms with Gasteiger partial charge in [0, 0.05) is 38.1 Å². The molecule has 1 amide bonds. The Kier molecular flexibility index (Phi) is 4.40. The van der Waals surface area contributed by atoms with Crippen LogP contribution in [-0.2, 0) is 4.79 Å². The van der Waals surface area contributed by atoms with Crippen molar-refractivity contribution in [2.75, 3.05) is 26.2 Å². The molecule has 1 atom stereocenters. The van der Waals surface area contributed by atoms with Gasteiger partial charge in [-0.25, -0.2) is 0 Å². The minimum absolute atomic E-state index is 0.0560. The quantitative estimate of drug-likeness (QED) is 0.737. The van der Waals surface area contributed by atoms with Crippen LogP contribution in [0.15, 0.2) is 0 Å². The second kappa shape index (κ2) is 5.83. The Bertz CT molecular complexity index is 257. The predicted octanol–water partition coefficient (Wildman–Crippen LogP) is 0.572. The first kappa shape index (κ1) is 12.8. The molecule has 98 valence electrons. The highest BCUT2D eigenvalue weighted by atomic mass is 16.1. The second-order valence-electron chi connectivity index (χ2n) is 5.66. The first-order chi connectivity index (χ1) is 8.19. The van der Waals surface area contributed by atoms with Crippen LogP contribution in [0.3, 0.4) is 0 Å². The van der Waals surface area contributed by atoms with Crippen LogP contribution in [0.1, 0.15) is 32.6 Å². The average Bonchev–Trinajstić information content (AvgIpc) is 3.14. The number of carbonyl (C=O) groups is 1. The van der Waals surface area contributed by atoms with Crippen molar-refractivity contribution in [3.8, 4) is 0 Å². The van der Waals surface area contributed by atoms with Crippen LogP contribution in [0.5, 0.6) is 0 Å². The number of piperidine rings is 1. The zero-order chi connectivity index (χ0) is 12.3. The number of nitrogens with one attached hydrogen (secondary N) is 1. The minimum Gasteiger partial charge on any atom is -0.353 e. The number of hydrogen-bond acceptors (Lipinski definition) is 3. The van der Waals surface area contributed by atoms with Crippen LogP contribution in [0.4, 0.5) is 0 Å². The van der Waals surface area contributed by atoms with Gasteiger partial charge in [-0.1, -0.05) is 6.92 Å². The van der Waals surface area contributed by atoms with Gasteiger partial charge >= 0.3 is 0 Å². The first-order valence-corrected chi connectivity index (χ1v) is 6.92. The van der Waals surface area contributed by atoms with Gasteiger partial charge in [0.25, 0.3) is 0 Å². The zero-order valence-electron chi connectivity index (χ0n) is 10.8. The Morgan fingerprint density at radius 2 is 2.00 bits per heavy atom. The third-order valence-electron chi connectivity index (χ3n) is 3.95. The minimum atomic E-state index is -0.0560. The van der Waals surface area contributed by atoms with E-state index in [4.69, 9.17) is 5.73 Å². The van der Waals surface area contributed by atoms with E-state index in [0.29, 0.717) is 12.6 Å². The van der Waals surface area contributed by atoms with Gasteiger partial charge in [-0.3, -0.25) is 4.79 Å². The van der Waals surface area contributed by atoms with E-state index in [9.17, 15) is 4.79 Å². The second-order valence-corrected chi connectivity index (χ2v) is 5.66. The molecule has 17 heavy (non-hydrogen) atoms. The average molecular weight is 239 g/mol. The van der Waals surface area contributed by atoms with Crippen LogP contribution >= 0.6 is 0 Å². The zero-order valence-corrected chi connectivity index (χ0v) is 10.8. The van der Waals surface area contributed by atoms with Gasteiger partial charge in [-0.2, -0.15) is 0 Å². The fourth-order valence-electron chi connectivity index (χ4n) is 2.38. The lowest BCUT2D eigenvalue weighted by molar-refractivity contribution is -0.125. The summed E-state index contributed by atoms with van der Waals surface area (Å²) in [5, 5.41) is 3.11. The molecule has 0 aromatic heterocycles. The molecule has 1 heterocycles. The highest BCUT2D eigenvalue weighted by molar-refractivity contribution is 5.78. The highest BCUT2D eigenvalue weighted by Gasteiger charge is 2.27. The molecule has 1 aliphatic carbocycles. The largest absolute Gasteiger partial charge is 0.353 e. The molecule has 1 unspecified atom stereocenters. The molecule has 2 fully saturated rings. The summed E-state index contributed by atoms with van der Waals surface area (Å²) in [7, 11) is 0. The lowest BCUT2D eigenvalue weighted by atomic mass is 10.0. The lowest BCUT2D eigenvalue weighted by Gasteiger charge is -2.32. The number of likely N-dealkylation sites (tertiary alicyclic amines) is 1. The van der Waals surface area contributed by atoms with E-state index in [1.807, 2.05) is 6.92 Å². The summed E-state index contributed by atoms with van der Waals surface area (Å²) in [6.07, 6.45) is 5.03. The maximum atomic E-state index is 11.7. The van der Waals surface area contributed by atoms with Gasteiger partial charge in [0.1, 0.15) is 0 Å². The number of nitrogens with zero attached hydrogens (tertiary/aromatic N) is 1. The van der Waals surface area contributed by atoms with Crippen molar-refractivity contribution in [1.29, 1.82) is 0 Å². The molecule has 3 N–H and O–H groups in total. The Balaban J connectivity index is 1.65. The fourth-order valence-corrected chi connectivity index (χ4v) is 2.38. The normalized spacial score (nSPS) is 24.6. The van der Waals surface area contributed by atoms with Crippen LogP contribution in [0.2, 0.25) is 0 Å². The van der Waals surface area contributed by atoms with E-state index in [1.54, 1.807) is 0 Å². The smallest absolute Gasteiger partial charge is 0.224 e. The van der Waals surface area contributed by atoms with Gasteiger partial charge in [0.2, 0.25) is 5.91 Å². The van der Waals surface area contributed by atoms with E-state index in [0.717, 1.165) is 31.8 Å². The molecule has 1 saturated carbocycles. The molecule has 0 spiro atoms. The van der Waals surface area contributed by atoms with E-state index < -0.39 is 0 Å². The molecular formula is C13H25N3O. The lowest BCUT2D eigenvalue weighted by Crippen LogP contribution is -2.47. The molecule has 0 bridgehead atoms. The summed E-state index contributed by atoms with van der Waals surface area (Å²) in [6, 6.07) is 0.368. The van der Waals surface area contributed by atoms with Gasteiger partial charge < -0.3 is 16.0 Å². The molecule has 1 saturated heterocycles. The summed E-state index contributed by atoms with van der Waals surface area (Å²) >= 11 is 0. The third kappa shape index (κ3) is 3.96. The van der Waals surface area contributed by atoms with Gasteiger partial charge in [-0.05, 0) is 31.6 Å². The maximum absolute atomic E-state index is 11.7. The SMILES string of the molecule is CC(CN)C(=O)NC1CCN(CC2CC2)CC1. The molecule has 2 rings (SSSR count). The molecule has 0 aromatic carbocycles. The number of hydrogen-bond donors (Lipinski definition) is 2. The third-order valence-corrected chi connectivity index (χ3v) is 3.95. The van der Waals surface area contributed by atoms with Crippen LogP contribution in [0, 0.1) is 11.8 Å². The van der Waals surface area contributed by atoms with Crippen molar-refractivity contribution in [2.45, 2.75) is 38.6 Å². The molecule has 0 aromatic rings. The highest BCUT2D eigenvalue weighted by Crippen LogP contribution is 2.30. The van der Waals surface area contributed by atoms with Crippen LogP contribution in [-0.4, -0.2) is 43.0 Å². The van der Waals surface area contributed by atoms with E-state index in [2.05, 4.69) is 10.2 Å². The molecule has 1 aliphatic heterocycles. The fraction of sp³-hybridized carbons (Fsp3) is 0.923. The van der Waals surface area contributed by atoms with Gasteiger partial charge in [0.15, 0.2) is 0 Å². The van der Waals surface area contributed by atoms with Crippen molar-refractivity contribution in [1.82, 2.24) is 10.2 Å². The number of nitrogens with two attached hydrogens (primary N) is 1. The summed E-state index contributed by atoms with van der Waals surface area (Å²) in [4.78, 5) is 14.3. The summed E-state index contributed by atoms with van der Waals surface area (Å²) in [6.45, 7) is 5.88.